The van der Waals surface area contributed by atoms with Gasteiger partial charge in [-0.2, -0.15) is 9.97 Å². The largest absolute Gasteiger partial charge is 0.468 e. The molecular weight excluding hydrogens is 1140 g/mol. The van der Waals surface area contributed by atoms with Crippen molar-refractivity contribution in [3.05, 3.63) is 88.9 Å². The van der Waals surface area contributed by atoms with Crippen LogP contribution in [0.3, 0.4) is 0 Å². The Morgan fingerprint density at radius 3 is 2.39 bits per heavy atom. The van der Waals surface area contributed by atoms with Crippen LogP contribution in [0.15, 0.2) is 66.3 Å². The second kappa shape index (κ2) is 25.4. The van der Waals surface area contributed by atoms with Gasteiger partial charge < -0.3 is 49.2 Å². The molecule has 3 aromatic carbocycles. The molecule has 0 radical (unpaired) electrons. The second-order valence-electron chi connectivity index (χ2n) is 26.5. The van der Waals surface area contributed by atoms with Gasteiger partial charge >= 0.3 is 12.1 Å². The summed E-state index contributed by atoms with van der Waals surface area (Å²) in [5.74, 6) is -0.988. The van der Waals surface area contributed by atoms with Gasteiger partial charge in [-0.3, -0.25) is 29.2 Å². The van der Waals surface area contributed by atoms with E-state index < -0.39 is 52.4 Å². The smallest absolute Gasteiger partial charge is 0.410 e. The zero-order chi connectivity index (χ0) is 62.4. The minimum absolute atomic E-state index is 0.00256. The molecule has 20 nitrogen and oxygen atoms in total. The molecule has 5 fully saturated rings. The maximum atomic E-state index is 17.9. The third kappa shape index (κ3) is 12.9. The number of hydrogen-bond acceptors (Lipinski definition) is 17. The highest BCUT2D eigenvalue weighted by Crippen LogP contribution is 2.45. The third-order valence-corrected chi connectivity index (χ3v) is 19.1. The number of likely N-dealkylation sites (tertiary alicyclic amines) is 1. The van der Waals surface area contributed by atoms with Crippen molar-refractivity contribution in [3.63, 3.8) is 0 Å². The first kappa shape index (κ1) is 62.5. The Kier molecular flexibility index (Phi) is 18.0. The average molecular weight is 1230 g/mol. The summed E-state index contributed by atoms with van der Waals surface area (Å²) in [5.41, 5.74) is 4.59. The number of aryl methyl sites for hydroxylation is 2. The molecule has 11 rings (SSSR count). The Morgan fingerprint density at radius 1 is 0.932 bits per heavy atom. The predicted octanol–water partition coefficient (Wildman–Crippen LogP) is 9.31. The lowest BCUT2D eigenvalue weighted by molar-refractivity contribution is -0.144. The standard InChI is InChI=1S/C66H83FN10O10S/c1-11-40-14-12-15-43-26-48(86-37-83-10)28-49(53(40)43)55-54(67)56-50(29-68-55)59(74-30-44-20-21-45(31-74)77(44)63(82)87-65(7,8)9)73-62(72-56)85-35-66-23-13-25-76(66)46(22-24-66)33-84-34-52(79)71-58(64(4,5)6)61(81)75-32-47(78)27-51(75)60(80)70-38(2)41-16-18-42(19-17-41)57-39(3)69-36-88-57/h12,14-19,26,28-29,36,38,44-47,51,58,78H,11,13,20-25,27,30-35,37H2,1-10H3,(H,70,80)(H,71,79)/t38-,44?,45?,46-,47+,51-,58+,66-/m0/s1. The number of halogens is 1. The van der Waals surface area contributed by atoms with E-state index in [1.54, 1.807) is 30.7 Å². The van der Waals surface area contributed by atoms with Gasteiger partial charge in [-0.15, -0.1) is 11.3 Å². The van der Waals surface area contributed by atoms with E-state index in [-0.39, 0.29) is 93.0 Å². The minimum atomic E-state index is -1.02. The highest BCUT2D eigenvalue weighted by atomic mass is 32.1. The Hall–Kier alpha value is -7.11. The Labute approximate surface area is 517 Å². The number of aliphatic hydroxyl groups excluding tert-OH is 1. The van der Waals surface area contributed by atoms with E-state index in [1.165, 1.54) is 4.90 Å². The summed E-state index contributed by atoms with van der Waals surface area (Å²) in [6, 6.07) is 14.9. The lowest BCUT2D eigenvalue weighted by Crippen LogP contribution is -2.58. The number of aliphatic hydroxyl groups is 1. The number of hydrogen-bond donors (Lipinski definition) is 3. The SMILES string of the molecule is CCc1cccc2cc(OCOC)cc(-c3ncc4c(N5CC6CCC(C5)N6C(=O)OC(C)(C)C)nc(OC[C@@]56CCCN5[C@H](COCC(=O)N[C@H](C(=O)N5C[C@H](O)C[C@H]5C(=O)N[C@@H](C)c5ccc(-c7scnc7C)cc5)C(C)(C)C)CC6)nc4c3F)c12. The first-order chi connectivity index (χ1) is 42.0. The fourth-order valence-corrected chi connectivity index (χ4v) is 14.7. The molecule has 8 atom stereocenters. The zero-order valence-corrected chi connectivity index (χ0v) is 53.0. The number of benzene rings is 3. The quantitative estimate of drug-likeness (QED) is 0.0643. The molecule has 8 heterocycles. The molecule has 4 amide bonds. The molecule has 3 N–H and O–H groups in total. The molecule has 22 heteroatoms. The Balaban J connectivity index is 0.779. The van der Waals surface area contributed by atoms with Crippen LogP contribution in [-0.4, -0.2) is 171 Å². The predicted molar refractivity (Wildman–Crippen MR) is 334 cm³/mol. The van der Waals surface area contributed by atoms with Crippen molar-refractivity contribution in [2.24, 2.45) is 5.41 Å². The van der Waals surface area contributed by atoms with Gasteiger partial charge in [0, 0.05) is 51.0 Å². The number of rotatable bonds is 19. The van der Waals surface area contributed by atoms with E-state index in [9.17, 15) is 24.3 Å². The molecule has 6 aromatic rings. The Bertz CT molecular complexity index is 3560. The van der Waals surface area contributed by atoms with Crippen LogP contribution in [0.5, 0.6) is 11.8 Å². The maximum absolute atomic E-state index is 17.9. The number of amides is 4. The number of β-amino-alcohol motifs (C(OH)–C–C–N with tert-alkyl or cyclic N) is 1. The number of piperazine rings is 1. The van der Waals surface area contributed by atoms with Gasteiger partial charge in [0.05, 0.1) is 57.8 Å². The molecule has 0 saturated carbocycles. The molecule has 2 unspecified atom stereocenters. The van der Waals surface area contributed by atoms with Crippen LogP contribution in [0.1, 0.15) is 123 Å². The number of methoxy groups -OCH3 is 1. The lowest BCUT2D eigenvalue weighted by atomic mass is 9.85. The molecule has 3 aromatic heterocycles. The molecule has 470 valence electrons. The molecule has 88 heavy (non-hydrogen) atoms. The van der Waals surface area contributed by atoms with Gasteiger partial charge in [-0.1, -0.05) is 70.2 Å². The summed E-state index contributed by atoms with van der Waals surface area (Å²) >= 11 is 1.57. The number of aromatic nitrogens is 4. The van der Waals surface area contributed by atoms with Crippen LogP contribution < -0.4 is 25.0 Å². The van der Waals surface area contributed by atoms with E-state index in [0.29, 0.717) is 42.0 Å². The number of pyridine rings is 1. The number of anilines is 1. The molecule has 5 aliphatic rings. The summed E-state index contributed by atoms with van der Waals surface area (Å²) in [4.78, 5) is 83.8. The summed E-state index contributed by atoms with van der Waals surface area (Å²) in [7, 11) is 1.54. The van der Waals surface area contributed by atoms with Crippen LogP contribution >= 0.6 is 11.3 Å². The molecule has 5 saturated heterocycles. The van der Waals surface area contributed by atoms with Crippen LogP contribution in [-0.2, 0) is 35.0 Å². The van der Waals surface area contributed by atoms with Crippen molar-refractivity contribution in [2.45, 2.75) is 167 Å². The second-order valence-corrected chi connectivity index (χ2v) is 27.3. The zero-order valence-electron chi connectivity index (χ0n) is 52.2. The molecule has 0 spiro atoms. The van der Waals surface area contributed by atoms with Crippen LogP contribution in [0.2, 0.25) is 0 Å². The van der Waals surface area contributed by atoms with Crippen molar-refractivity contribution in [1.29, 1.82) is 0 Å². The first-order valence-electron chi connectivity index (χ1n) is 30.9. The van der Waals surface area contributed by atoms with Crippen LogP contribution in [0.25, 0.3) is 43.4 Å². The fourth-order valence-electron chi connectivity index (χ4n) is 13.9. The van der Waals surface area contributed by atoms with E-state index in [2.05, 4.69) is 32.3 Å². The Morgan fingerprint density at radius 2 is 1.69 bits per heavy atom. The number of thiazole rings is 1. The average Bonchev–Trinajstić information content (AvgIpc) is 1.49. The van der Waals surface area contributed by atoms with Gasteiger partial charge in [0.15, 0.2) is 12.6 Å². The molecular formula is C66H83FN10O10S. The van der Waals surface area contributed by atoms with Crippen molar-refractivity contribution >= 4 is 62.6 Å². The highest BCUT2D eigenvalue weighted by molar-refractivity contribution is 7.13. The highest BCUT2D eigenvalue weighted by Gasteiger charge is 2.51. The minimum Gasteiger partial charge on any atom is -0.468 e. The van der Waals surface area contributed by atoms with Crippen LogP contribution in [0, 0.1) is 18.2 Å². The van der Waals surface area contributed by atoms with Gasteiger partial charge in [0.1, 0.15) is 53.7 Å². The van der Waals surface area contributed by atoms with E-state index in [4.69, 9.17) is 38.6 Å². The first-order valence-corrected chi connectivity index (χ1v) is 31.8. The number of fused-ring (bicyclic) bond motifs is 5. The maximum Gasteiger partial charge on any atom is 0.410 e. The molecule has 0 aliphatic carbocycles. The van der Waals surface area contributed by atoms with Crippen molar-refractivity contribution in [2.75, 3.05) is 64.8 Å². The summed E-state index contributed by atoms with van der Waals surface area (Å²) < 4.78 is 47.8. The summed E-state index contributed by atoms with van der Waals surface area (Å²) in [6.07, 6.45) is 5.97. The number of carbonyl (C=O) groups is 4. The van der Waals surface area contributed by atoms with Gasteiger partial charge in [-0.25, -0.2) is 14.2 Å². The van der Waals surface area contributed by atoms with Crippen LogP contribution in [0.4, 0.5) is 15.0 Å². The van der Waals surface area contributed by atoms with Crippen molar-refractivity contribution in [1.82, 2.24) is 45.3 Å². The topological polar surface area (TPSA) is 223 Å². The number of carbonyl (C=O) groups excluding carboxylic acids is 4. The molecule has 2 bridgehead atoms. The third-order valence-electron chi connectivity index (χ3n) is 18.2. The van der Waals surface area contributed by atoms with Gasteiger partial charge in [0.2, 0.25) is 17.7 Å². The number of ether oxygens (including phenoxy) is 5. The summed E-state index contributed by atoms with van der Waals surface area (Å²) in [6.45, 7) is 18.8. The van der Waals surface area contributed by atoms with E-state index in [1.807, 2.05) is 114 Å². The van der Waals surface area contributed by atoms with Gasteiger partial charge in [-0.05, 0) is 131 Å². The van der Waals surface area contributed by atoms with E-state index >= 15 is 4.39 Å². The normalized spacial score (nSPS) is 22.7. The van der Waals surface area contributed by atoms with E-state index in [0.717, 1.165) is 83.1 Å². The van der Waals surface area contributed by atoms with Crippen molar-refractivity contribution < 1.29 is 52.4 Å². The number of nitrogens with one attached hydrogen (secondary N) is 2. The fraction of sp³-hybridized carbons (Fsp3) is 0.545. The number of nitrogens with zero attached hydrogens (tertiary/aromatic N) is 8. The van der Waals surface area contributed by atoms with Gasteiger partial charge in [0.25, 0.3) is 0 Å². The molecule has 5 aliphatic heterocycles. The monoisotopic (exact) mass is 1230 g/mol. The summed E-state index contributed by atoms with van der Waals surface area (Å²) in [5, 5.41) is 19.0. The lowest BCUT2D eigenvalue weighted by Gasteiger charge is -2.42. The van der Waals surface area contributed by atoms with Crippen molar-refractivity contribution in [3.8, 4) is 33.5 Å².